The Kier molecular flexibility index (Phi) is 3.50. The van der Waals surface area contributed by atoms with E-state index in [1.54, 1.807) is 30.3 Å². The number of rotatable bonds is 3. The maximum atomic E-state index is 10.8. The molecule has 0 amide bonds. The van der Waals surface area contributed by atoms with Crippen molar-refractivity contribution in [2.45, 2.75) is 0 Å². The van der Waals surface area contributed by atoms with Gasteiger partial charge in [0.15, 0.2) is 12.9 Å². The van der Waals surface area contributed by atoms with E-state index in [2.05, 4.69) is 4.74 Å². The summed E-state index contributed by atoms with van der Waals surface area (Å²) in [7, 11) is 0. The van der Waals surface area contributed by atoms with Gasteiger partial charge in [0, 0.05) is 0 Å². The van der Waals surface area contributed by atoms with E-state index < -0.39 is 6.16 Å². The van der Waals surface area contributed by atoms with Crippen LogP contribution < -0.4 is 4.74 Å². The lowest BCUT2D eigenvalue weighted by molar-refractivity contribution is -0.110. The fraction of sp³-hybridized carbons (Fsp3) is 0.111. The fourth-order valence-corrected chi connectivity index (χ4v) is 0.716. The number of aldehydes is 1. The molecule has 0 unspecified atom stereocenters. The normalized spacial score (nSPS) is 8.92. The summed E-state index contributed by atoms with van der Waals surface area (Å²) in [6.07, 6.45) is -0.398. The van der Waals surface area contributed by atoms with E-state index in [0.29, 0.717) is 12.0 Å². The van der Waals surface area contributed by atoms with Crippen LogP contribution in [-0.2, 0) is 9.53 Å². The van der Waals surface area contributed by atoms with Crippen LogP contribution in [-0.4, -0.2) is 19.0 Å². The van der Waals surface area contributed by atoms with Crippen LogP contribution in [0.5, 0.6) is 5.75 Å². The predicted octanol–water partition coefficient (Wildman–Crippen LogP) is 1.40. The van der Waals surface area contributed by atoms with Gasteiger partial charge in [0.05, 0.1) is 0 Å². The van der Waals surface area contributed by atoms with Gasteiger partial charge in [-0.25, -0.2) is 4.79 Å². The monoisotopic (exact) mass is 180 g/mol. The van der Waals surface area contributed by atoms with Gasteiger partial charge >= 0.3 is 6.16 Å². The smallest absolute Gasteiger partial charge is 0.426 e. The van der Waals surface area contributed by atoms with E-state index in [9.17, 15) is 9.59 Å². The van der Waals surface area contributed by atoms with Crippen LogP contribution in [0.4, 0.5) is 4.79 Å². The molecule has 0 saturated carbocycles. The zero-order valence-corrected chi connectivity index (χ0v) is 6.80. The minimum Gasteiger partial charge on any atom is -0.426 e. The molecule has 1 aromatic rings. The quantitative estimate of drug-likeness (QED) is 0.401. The summed E-state index contributed by atoms with van der Waals surface area (Å²) in [5, 5.41) is 0. The van der Waals surface area contributed by atoms with Gasteiger partial charge in [-0.05, 0) is 12.1 Å². The van der Waals surface area contributed by atoms with Crippen LogP contribution in [0, 0.1) is 0 Å². The Morgan fingerprint density at radius 1 is 1.31 bits per heavy atom. The molecule has 0 saturated heterocycles. The summed E-state index contributed by atoms with van der Waals surface area (Å²) in [6.45, 7) is -0.286. The van der Waals surface area contributed by atoms with E-state index in [0.717, 1.165) is 0 Å². The zero-order valence-electron chi connectivity index (χ0n) is 6.80. The molecule has 0 bridgehead atoms. The summed E-state index contributed by atoms with van der Waals surface area (Å²) in [4.78, 5) is 20.6. The summed E-state index contributed by atoms with van der Waals surface area (Å²) in [5.74, 6) is 0.387. The van der Waals surface area contributed by atoms with Gasteiger partial charge in [-0.3, -0.25) is 4.79 Å². The molecule has 0 aliphatic heterocycles. The van der Waals surface area contributed by atoms with Crippen LogP contribution >= 0.6 is 0 Å². The Bertz CT molecular complexity index is 281. The van der Waals surface area contributed by atoms with E-state index in [1.165, 1.54) is 0 Å². The number of carbonyl (C=O) groups is 2. The highest BCUT2D eigenvalue weighted by Crippen LogP contribution is 2.08. The highest BCUT2D eigenvalue weighted by atomic mass is 16.7. The van der Waals surface area contributed by atoms with Gasteiger partial charge in [-0.15, -0.1) is 0 Å². The first-order valence-corrected chi connectivity index (χ1v) is 3.66. The van der Waals surface area contributed by atoms with Crippen molar-refractivity contribution in [2.75, 3.05) is 6.61 Å². The molecular formula is C9H8O4. The maximum absolute atomic E-state index is 10.8. The average Bonchev–Trinajstić information content (AvgIpc) is 2.16. The molecule has 0 aromatic heterocycles. The fourth-order valence-electron chi connectivity index (χ4n) is 0.716. The maximum Gasteiger partial charge on any atom is 0.514 e. The molecule has 0 atom stereocenters. The molecule has 1 aromatic carbocycles. The van der Waals surface area contributed by atoms with Crippen molar-refractivity contribution in [3.8, 4) is 5.75 Å². The number of carbonyl (C=O) groups excluding carboxylic acids is 2. The molecule has 0 heterocycles. The Labute approximate surface area is 75.1 Å². The molecule has 13 heavy (non-hydrogen) atoms. The van der Waals surface area contributed by atoms with Gasteiger partial charge in [0.2, 0.25) is 0 Å². The predicted molar refractivity (Wildman–Crippen MR) is 44.5 cm³/mol. The van der Waals surface area contributed by atoms with Crippen molar-refractivity contribution in [3.63, 3.8) is 0 Å². The third-order valence-electron chi connectivity index (χ3n) is 1.21. The summed E-state index contributed by atoms with van der Waals surface area (Å²) in [5.41, 5.74) is 0. The highest BCUT2D eigenvalue weighted by molar-refractivity contribution is 5.66. The molecule has 0 fully saturated rings. The molecule has 0 radical (unpaired) electrons. The van der Waals surface area contributed by atoms with Gasteiger partial charge < -0.3 is 9.47 Å². The summed E-state index contributed by atoms with van der Waals surface area (Å²) >= 11 is 0. The zero-order chi connectivity index (χ0) is 9.52. The molecule has 1 rings (SSSR count). The lowest BCUT2D eigenvalue weighted by Crippen LogP contribution is -2.11. The van der Waals surface area contributed by atoms with Crippen LogP contribution in [0.2, 0.25) is 0 Å². The van der Waals surface area contributed by atoms with Crippen LogP contribution in [0.3, 0.4) is 0 Å². The van der Waals surface area contributed by atoms with Gasteiger partial charge in [-0.1, -0.05) is 18.2 Å². The number of ether oxygens (including phenoxy) is 2. The van der Waals surface area contributed by atoms with E-state index in [-0.39, 0.29) is 6.61 Å². The second-order valence-electron chi connectivity index (χ2n) is 2.14. The largest absolute Gasteiger partial charge is 0.514 e. The second kappa shape index (κ2) is 4.92. The third kappa shape index (κ3) is 3.37. The van der Waals surface area contributed by atoms with Crippen molar-refractivity contribution in [1.82, 2.24) is 0 Å². The molecular weight excluding hydrogens is 172 g/mol. The Balaban J connectivity index is 2.41. The molecule has 0 aliphatic carbocycles. The van der Waals surface area contributed by atoms with Gasteiger partial charge in [0.1, 0.15) is 5.75 Å². The van der Waals surface area contributed by atoms with Gasteiger partial charge in [-0.2, -0.15) is 0 Å². The molecule has 0 N–H and O–H groups in total. The van der Waals surface area contributed by atoms with Crippen molar-refractivity contribution < 1.29 is 19.1 Å². The molecule has 0 aliphatic rings. The lowest BCUT2D eigenvalue weighted by atomic mass is 10.3. The first-order chi connectivity index (χ1) is 6.33. The van der Waals surface area contributed by atoms with E-state index in [1.807, 2.05) is 0 Å². The van der Waals surface area contributed by atoms with Crippen molar-refractivity contribution in [3.05, 3.63) is 30.3 Å². The number of hydrogen-bond acceptors (Lipinski definition) is 4. The van der Waals surface area contributed by atoms with E-state index >= 15 is 0 Å². The Morgan fingerprint density at radius 2 is 2.00 bits per heavy atom. The minimum absolute atomic E-state index is 0.286. The van der Waals surface area contributed by atoms with Gasteiger partial charge in [0.25, 0.3) is 0 Å². The highest BCUT2D eigenvalue weighted by Gasteiger charge is 2.03. The standard InChI is InChI=1S/C9H8O4/c10-6-7-12-9(11)13-8-4-2-1-3-5-8/h1-6H,7H2. The summed E-state index contributed by atoms with van der Waals surface area (Å²) < 4.78 is 9.06. The van der Waals surface area contributed by atoms with Crippen molar-refractivity contribution >= 4 is 12.4 Å². The lowest BCUT2D eigenvalue weighted by Gasteiger charge is -2.01. The Hall–Kier alpha value is -1.84. The number of benzene rings is 1. The molecule has 68 valence electrons. The molecule has 4 nitrogen and oxygen atoms in total. The first kappa shape index (κ1) is 9.25. The van der Waals surface area contributed by atoms with Crippen LogP contribution in [0.25, 0.3) is 0 Å². The van der Waals surface area contributed by atoms with E-state index in [4.69, 9.17) is 4.74 Å². The average molecular weight is 180 g/mol. The SMILES string of the molecule is O=CCOC(=O)Oc1ccccc1. The number of para-hydroxylation sites is 1. The van der Waals surface area contributed by atoms with Crippen molar-refractivity contribution in [2.24, 2.45) is 0 Å². The molecule has 4 heteroatoms. The molecule has 0 spiro atoms. The van der Waals surface area contributed by atoms with Crippen LogP contribution in [0.1, 0.15) is 0 Å². The minimum atomic E-state index is -0.877. The summed E-state index contributed by atoms with van der Waals surface area (Å²) in [6, 6.07) is 8.47. The second-order valence-corrected chi connectivity index (χ2v) is 2.14. The first-order valence-electron chi connectivity index (χ1n) is 3.66. The third-order valence-corrected chi connectivity index (χ3v) is 1.21. The topological polar surface area (TPSA) is 52.6 Å². The van der Waals surface area contributed by atoms with Crippen molar-refractivity contribution in [1.29, 1.82) is 0 Å². The Morgan fingerprint density at radius 3 is 2.62 bits per heavy atom. The number of hydrogen-bond donors (Lipinski definition) is 0. The van der Waals surface area contributed by atoms with Crippen LogP contribution in [0.15, 0.2) is 30.3 Å².